The van der Waals surface area contributed by atoms with E-state index in [2.05, 4.69) is 5.32 Å². The van der Waals surface area contributed by atoms with E-state index in [4.69, 9.17) is 0 Å². The number of anilines is 1. The minimum absolute atomic E-state index is 0.235. The van der Waals surface area contributed by atoms with E-state index in [1.165, 1.54) is 23.5 Å². The van der Waals surface area contributed by atoms with Crippen molar-refractivity contribution >= 4 is 32.8 Å². The third kappa shape index (κ3) is 4.37. The highest BCUT2D eigenvalue weighted by atomic mass is 32.2. The molecule has 0 aliphatic rings. The monoisotopic (exact) mass is 327 g/mol. The predicted molar refractivity (Wildman–Crippen MR) is 82.0 cm³/mol. The van der Waals surface area contributed by atoms with Gasteiger partial charge in [0.05, 0.1) is 10.6 Å². The molecular formula is C14H14FNO3S2. The van der Waals surface area contributed by atoms with Crippen LogP contribution in [0.2, 0.25) is 0 Å². The fourth-order valence-electron chi connectivity index (χ4n) is 1.83. The Balaban J connectivity index is 2.29. The Labute approximate surface area is 126 Å². The molecule has 0 unspecified atom stereocenters. The summed E-state index contributed by atoms with van der Waals surface area (Å²) in [5, 5.41) is 2.63. The largest absolute Gasteiger partial charge is 0.321 e. The second-order valence-electron chi connectivity index (χ2n) is 4.74. The van der Waals surface area contributed by atoms with Gasteiger partial charge in [0.15, 0.2) is 9.84 Å². The lowest BCUT2D eigenvalue weighted by Gasteiger charge is -2.10. The third-order valence-corrected chi connectivity index (χ3v) is 4.53. The molecule has 1 amide bonds. The zero-order valence-corrected chi connectivity index (χ0v) is 13.1. The summed E-state index contributed by atoms with van der Waals surface area (Å²) in [4.78, 5) is 13.6. The normalized spacial score (nSPS) is 11.4. The fourth-order valence-corrected chi connectivity index (χ4v) is 3.39. The van der Waals surface area contributed by atoms with Crippen molar-refractivity contribution in [2.45, 2.75) is 12.7 Å². The van der Waals surface area contributed by atoms with Gasteiger partial charge >= 0.3 is 0 Å². The molecule has 0 saturated carbocycles. The molecule has 0 spiro atoms. The first-order chi connectivity index (χ1) is 9.74. The highest BCUT2D eigenvalue weighted by molar-refractivity contribution is 7.89. The number of halogens is 1. The van der Waals surface area contributed by atoms with Crippen molar-refractivity contribution in [3.8, 4) is 0 Å². The van der Waals surface area contributed by atoms with E-state index in [0.717, 1.165) is 17.2 Å². The molecule has 0 atom stereocenters. The Morgan fingerprint density at radius 3 is 2.57 bits per heavy atom. The number of hydrogen-bond acceptors (Lipinski definition) is 4. The summed E-state index contributed by atoms with van der Waals surface area (Å²) >= 11 is 1.33. The van der Waals surface area contributed by atoms with Gasteiger partial charge in [0.1, 0.15) is 5.82 Å². The van der Waals surface area contributed by atoms with Crippen molar-refractivity contribution in [2.24, 2.45) is 0 Å². The van der Waals surface area contributed by atoms with Crippen LogP contribution in [-0.4, -0.2) is 20.6 Å². The number of rotatable bonds is 4. The van der Waals surface area contributed by atoms with E-state index in [0.29, 0.717) is 10.6 Å². The van der Waals surface area contributed by atoms with Crippen LogP contribution >= 0.6 is 11.3 Å². The molecule has 7 heteroatoms. The minimum Gasteiger partial charge on any atom is -0.321 e. The van der Waals surface area contributed by atoms with Gasteiger partial charge in [-0.15, -0.1) is 11.3 Å². The first-order valence-corrected chi connectivity index (χ1v) is 8.96. The van der Waals surface area contributed by atoms with E-state index in [1.807, 2.05) is 13.0 Å². The predicted octanol–water partition coefficient (Wildman–Crippen LogP) is 2.99. The number of carbonyl (C=O) groups is 1. The van der Waals surface area contributed by atoms with Gasteiger partial charge in [0.25, 0.3) is 5.91 Å². The quantitative estimate of drug-likeness (QED) is 0.939. The minimum atomic E-state index is -3.33. The summed E-state index contributed by atoms with van der Waals surface area (Å²) < 4.78 is 36.1. The molecule has 0 fully saturated rings. The molecule has 0 radical (unpaired) electrons. The van der Waals surface area contributed by atoms with Crippen molar-refractivity contribution < 1.29 is 17.6 Å². The molecular weight excluding hydrogens is 313 g/mol. The lowest BCUT2D eigenvalue weighted by atomic mass is 10.2. The van der Waals surface area contributed by atoms with Crippen molar-refractivity contribution in [2.75, 3.05) is 11.6 Å². The van der Waals surface area contributed by atoms with Crippen LogP contribution in [0, 0.1) is 12.7 Å². The van der Waals surface area contributed by atoms with E-state index < -0.39 is 15.7 Å². The van der Waals surface area contributed by atoms with Crippen LogP contribution < -0.4 is 5.32 Å². The van der Waals surface area contributed by atoms with Crippen LogP contribution in [0.3, 0.4) is 0 Å². The van der Waals surface area contributed by atoms with Crippen LogP contribution in [0.5, 0.6) is 0 Å². The Morgan fingerprint density at radius 1 is 1.29 bits per heavy atom. The number of carbonyl (C=O) groups excluding carboxylic acids is 1. The third-order valence-electron chi connectivity index (χ3n) is 2.70. The molecule has 2 aromatic rings. The number of aryl methyl sites for hydroxylation is 1. The van der Waals surface area contributed by atoms with Gasteiger partial charge in [0, 0.05) is 16.8 Å². The van der Waals surface area contributed by atoms with Crippen LogP contribution in [-0.2, 0) is 15.6 Å². The van der Waals surface area contributed by atoms with Gasteiger partial charge in [0.2, 0.25) is 0 Å². The standard InChI is InChI=1S/C14H14FNO3S2/c1-9-3-6-13(20-9)14(17)16-12-5-4-11(15)7-10(12)8-21(2,18)19/h3-7H,8H2,1-2H3,(H,16,17). The molecule has 0 saturated heterocycles. The first-order valence-electron chi connectivity index (χ1n) is 6.08. The van der Waals surface area contributed by atoms with E-state index in [9.17, 15) is 17.6 Å². The van der Waals surface area contributed by atoms with Crippen molar-refractivity contribution in [3.63, 3.8) is 0 Å². The number of sulfone groups is 1. The van der Waals surface area contributed by atoms with Crippen molar-refractivity contribution in [1.29, 1.82) is 0 Å². The molecule has 1 heterocycles. The summed E-state index contributed by atoms with van der Waals surface area (Å²) in [6.45, 7) is 1.88. The van der Waals surface area contributed by atoms with E-state index >= 15 is 0 Å². The fraction of sp³-hybridized carbons (Fsp3) is 0.214. The Bertz CT molecular complexity index is 781. The SMILES string of the molecule is Cc1ccc(C(=O)Nc2ccc(F)cc2CS(C)(=O)=O)s1. The molecule has 1 aromatic heterocycles. The summed E-state index contributed by atoms with van der Waals surface area (Å²) in [7, 11) is -3.33. The molecule has 0 aliphatic heterocycles. The van der Waals surface area contributed by atoms with Crippen LogP contribution in [0.15, 0.2) is 30.3 Å². The van der Waals surface area contributed by atoms with Gasteiger partial charge in [-0.05, 0) is 42.8 Å². The number of amides is 1. The zero-order chi connectivity index (χ0) is 15.6. The van der Waals surface area contributed by atoms with Crippen molar-refractivity contribution in [3.05, 3.63) is 51.5 Å². The number of benzene rings is 1. The number of nitrogens with one attached hydrogen (secondary N) is 1. The van der Waals surface area contributed by atoms with Crippen LogP contribution in [0.4, 0.5) is 10.1 Å². The lowest BCUT2D eigenvalue weighted by Crippen LogP contribution is -2.13. The molecule has 0 aliphatic carbocycles. The Hall–Kier alpha value is -1.73. The van der Waals surface area contributed by atoms with E-state index in [-0.39, 0.29) is 17.2 Å². The Morgan fingerprint density at radius 2 is 2.00 bits per heavy atom. The maximum atomic E-state index is 13.3. The first kappa shape index (κ1) is 15.7. The Kier molecular flexibility index (Phi) is 4.43. The maximum Gasteiger partial charge on any atom is 0.265 e. The van der Waals surface area contributed by atoms with Crippen molar-refractivity contribution in [1.82, 2.24) is 0 Å². The molecule has 0 bridgehead atoms. The second kappa shape index (κ2) is 5.95. The average Bonchev–Trinajstić information content (AvgIpc) is 2.77. The average molecular weight is 327 g/mol. The van der Waals surface area contributed by atoms with Gasteiger partial charge in [-0.25, -0.2) is 12.8 Å². The highest BCUT2D eigenvalue weighted by Gasteiger charge is 2.14. The maximum absolute atomic E-state index is 13.3. The highest BCUT2D eigenvalue weighted by Crippen LogP contribution is 2.22. The molecule has 112 valence electrons. The molecule has 21 heavy (non-hydrogen) atoms. The summed E-state index contributed by atoms with van der Waals surface area (Å²) in [6.07, 6.45) is 1.06. The van der Waals surface area contributed by atoms with Crippen LogP contribution in [0.25, 0.3) is 0 Å². The topological polar surface area (TPSA) is 63.2 Å². The van der Waals surface area contributed by atoms with Crippen LogP contribution in [0.1, 0.15) is 20.1 Å². The summed E-state index contributed by atoms with van der Waals surface area (Å²) in [5.74, 6) is -1.21. The van der Waals surface area contributed by atoms with Gasteiger partial charge in [-0.2, -0.15) is 0 Å². The summed E-state index contributed by atoms with van der Waals surface area (Å²) in [6, 6.07) is 7.18. The molecule has 4 nitrogen and oxygen atoms in total. The smallest absolute Gasteiger partial charge is 0.265 e. The number of hydrogen-bond donors (Lipinski definition) is 1. The van der Waals surface area contributed by atoms with Gasteiger partial charge in [-0.1, -0.05) is 0 Å². The van der Waals surface area contributed by atoms with Gasteiger partial charge < -0.3 is 5.32 Å². The second-order valence-corrected chi connectivity index (χ2v) is 8.16. The van der Waals surface area contributed by atoms with Gasteiger partial charge in [-0.3, -0.25) is 4.79 Å². The summed E-state index contributed by atoms with van der Waals surface area (Å²) in [5.41, 5.74) is 0.539. The van der Waals surface area contributed by atoms with E-state index in [1.54, 1.807) is 6.07 Å². The molecule has 1 N–H and O–H groups in total. The molecule has 1 aromatic carbocycles. The molecule has 2 rings (SSSR count). The number of thiophene rings is 1. The lowest BCUT2D eigenvalue weighted by molar-refractivity contribution is 0.103. The zero-order valence-electron chi connectivity index (χ0n) is 11.5.